The molecule has 0 aromatic heterocycles. The highest BCUT2D eigenvalue weighted by Gasteiger charge is 1.94. The third kappa shape index (κ3) is 3.52. The molecule has 16 heavy (non-hydrogen) atoms. The van der Waals surface area contributed by atoms with Crippen LogP contribution in [0.1, 0.15) is 11.1 Å². The molecule has 0 spiro atoms. The zero-order chi connectivity index (χ0) is 11.1. The van der Waals surface area contributed by atoms with Crippen LogP contribution in [0, 0.1) is 6.61 Å². The number of benzene rings is 2. The Morgan fingerprint density at radius 2 is 1.31 bits per heavy atom. The molecule has 0 atom stereocenters. The summed E-state index contributed by atoms with van der Waals surface area (Å²) in [7, 11) is 0. The van der Waals surface area contributed by atoms with Crippen molar-refractivity contribution in [2.45, 2.75) is 13.0 Å². The number of hydrogen-bond donors (Lipinski definition) is 0. The second-order valence-electron chi connectivity index (χ2n) is 3.65. The van der Waals surface area contributed by atoms with Crippen LogP contribution in [0.5, 0.6) is 0 Å². The van der Waals surface area contributed by atoms with Gasteiger partial charge in [-0.25, -0.2) is 0 Å². The third-order valence-corrected chi connectivity index (χ3v) is 2.37. The van der Waals surface area contributed by atoms with Crippen LogP contribution in [0.4, 0.5) is 0 Å². The first-order valence-electron chi connectivity index (χ1n) is 5.46. The van der Waals surface area contributed by atoms with E-state index in [2.05, 4.69) is 24.3 Å². The van der Waals surface area contributed by atoms with Crippen molar-refractivity contribution in [3.63, 3.8) is 0 Å². The van der Waals surface area contributed by atoms with E-state index in [4.69, 9.17) is 4.74 Å². The highest BCUT2D eigenvalue weighted by atomic mass is 16.5. The molecule has 0 aliphatic carbocycles. The van der Waals surface area contributed by atoms with E-state index in [0.29, 0.717) is 6.61 Å². The molecule has 2 rings (SSSR count). The maximum absolute atomic E-state index is 5.50. The average molecular weight is 211 g/mol. The zero-order valence-corrected chi connectivity index (χ0v) is 9.17. The van der Waals surface area contributed by atoms with Crippen LogP contribution in [0.15, 0.2) is 60.7 Å². The van der Waals surface area contributed by atoms with Gasteiger partial charge in [0.05, 0.1) is 13.2 Å². The predicted molar refractivity (Wildman–Crippen MR) is 65.7 cm³/mol. The smallest absolute Gasteiger partial charge is 0.0884 e. The lowest BCUT2D eigenvalue weighted by atomic mass is 10.2. The second-order valence-corrected chi connectivity index (χ2v) is 3.65. The zero-order valence-electron chi connectivity index (χ0n) is 9.17. The molecule has 0 amide bonds. The van der Waals surface area contributed by atoms with E-state index in [-0.39, 0.29) is 0 Å². The van der Waals surface area contributed by atoms with Gasteiger partial charge >= 0.3 is 0 Å². The van der Waals surface area contributed by atoms with E-state index in [9.17, 15) is 0 Å². The van der Waals surface area contributed by atoms with Gasteiger partial charge in [0.1, 0.15) is 0 Å². The third-order valence-electron chi connectivity index (χ3n) is 2.37. The monoisotopic (exact) mass is 211 g/mol. The molecule has 0 unspecified atom stereocenters. The first kappa shape index (κ1) is 10.9. The molecule has 2 aromatic carbocycles. The fourth-order valence-electron chi connectivity index (χ4n) is 1.50. The molecule has 0 aliphatic heterocycles. The first-order valence-corrected chi connectivity index (χ1v) is 5.46. The van der Waals surface area contributed by atoms with E-state index >= 15 is 0 Å². The van der Waals surface area contributed by atoms with Gasteiger partial charge in [0.2, 0.25) is 0 Å². The van der Waals surface area contributed by atoms with Gasteiger partial charge < -0.3 is 4.74 Å². The van der Waals surface area contributed by atoms with Crippen molar-refractivity contribution in [3.8, 4) is 0 Å². The summed E-state index contributed by atoms with van der Waals surface area (Å²) in [5, 5.41) is 0. The van der Waals surface area contributed by atoms with Crippen LogP contribution in [-0.2, 0) is 17.8 Å². The van der Waals surface area contributed by atoms with Gasteiger partial charge in [-0.2, -0.15) is 0 Å². The fourth-order valence-corrected chi connectivity index (χ4v) is 1.50. The lowest BCUT2D eigenvalue weighted by molar-refractivity contribution is 0.183. The summed E-state index contributed by atoms with van der Waals surface area (Å²) < 4.78 is 5.50. The van der Waals surface area contributed by atoms with Gasteiger partial charge in [-0.3, -0.25) is 0 Å². The van der Waals surface area contributed by atoms with E-state index in [1.807, 2.05) is 43.0 Å². The van der Waals surface area contributed by atoms with E-state index in [0.717, 1.165) is 6.42 Å². The summed E-state index contributed by atoms with van der Waals surface area (Å²) in [6.07, 6.45) is 0.855. The summed E-state index contributed by atoms with van der Waals surface area (Å²) in [6, 6.07) is 20.5. The topological polar surface area (TPSA) is 9.23 Å². The Balaban J connectivity index is 1.70. The van der Waals surface area contributed by atoms with Crippen LogP contribution < -0.4 is 0 Å². The van der Waals surface area contributed by atoms with E-state index in [1.54, 1.807) is 0 Å². The number of ether oxygens (including phenoxy) is 1. The SMILES string of the molecule is [CH](Cc1ccccc1)OCc1ccccc1. The van der Waals surface area contributed by atoms with E-state index in [1.165, 1.54) is 11.1 Å². The molecule has 0 aliphatic rings. The molecule has 0 saturated heterocycles. The van der Waals surface area contributed by atoms with Crippen LogP contribution in [0.2, 0.25) is 0 Å². The van der Waals surface area contributed by atoms with E-state index < -0.39 is 0 Å². The van der Waals surface area contributed by atoms with Crippen molar-refractivity contribution in [1.82, 2.24) is 0 Å². The van der Waals surface area contributed by atoms with Crippen molar-refractivity contribution in [2.75, 3.05) is 0 Å². The van der Waals surface area contributed by atoms with Crippen molar-refractivity contribution in [2.24, 2.45) is 0 Å². The highest BCUT2D eigenvalue weighted by molar-refractivity contribution is 5.16. The Morgan fingerprint density at radius 3 is 1.94 bits per heavy atom. The molecule has 1 nitrogen and oxygen atoms in total. The largest absolute Gasteiger partial charge is 0.370 e. The van der Waals surface area contributed by atoms with Gasteiger partial charge in [-0.05, 0) is 11.1 Å². The van der Waals surface area contributed by atoms with Gasteiger partial charge in [-0.15, -0.1) is 0 Å². The minimum atomic E-state index is 0.647. The maximum atomic E-state index is 5.50. The normalized spacial score (nSPS) is 10.2. The van der Waals surface area contributed by atoms with Crippen molar-refractivity contribution < 1.29 is 4.74 Å². The van der Waals surface area contributed by atoms with Gasteiger partial charge in [-0.1, -0.05) is 60.7 Å². The Bertz CT molecular complexity index is 353. The van der Waals surface area contributed by atoms with Crippen LogP contribution in [0.25, 0.3) is 0 Å². The lowest BCUT2D eigenvalue weighted by Gasteiger charge is -2.03. The fraction of sp³-hybridized carbons (Fsp3) is 0.133. The summed E-state index contributed by atoms with van der Waals surface area (Å²) in [4.78, 5) is 0. The van der Waals surface area contributed by atoms with Crippen molar-refractivity contribution in [3.05, 3.63) is 78.4 Å². The molecule has 1 heteroatoms. The van der Waals surface area contributed by atoms with Crippen LogP contribution in [-0.4, -0.2) is 0 Å². The summed E-state index contributed by atoms with van der Waals surface area (Å²) in [6.45, 7) is 2.51. The number of hydrogen-bond acceptors (Lipinski definition) is 1. The predicted octanol–water partition coefficient (Wildman–Crippen LogP) is 3.61. The summed E-state index contributed by atoms with van der Waals surface area (Å²) >= 11 is 0. The minimum Gasteiger partial charge on any atom is -0.370 e. The highest BCUT2D eigenvalue weighted by Crippen LogP contribution is 2.05. The molecule has 0 bridgehead atoms. The minimum absolute atomic E-state index is 0.647. The molecule has 0 heterocycles. The van der Waals surface area contributed by atoms with Gasteiger partial charge in [0.15, 0.2) is 0 Å². The molecular formula is C15H15O. The second kappa shape index (κ2) is 6.09. The lowest BCUT2D eigenvalue weighted by Crippen LogP contribution is -1.93. The Labute approximate surface area is 96.7 Å². The van der Waals surface area contributed by atoms with Gasteiger partial charge in [0, 0.05) is 6.42 Å². The van der Waals surface area contributed by atoms with Gasteiger partial charge in [0.25, 0.3) is 0 Å². The molecule has 81 valence electrons. The maximum Gasteiger partial charge on any atom is 0.0884 e. The summed E-state index contributed by atoms with van der Waals surface area (Å²) in [5.74, 6) is 0. The standard InChI is InChI=1S/C15H15O/c1-3-7-14(8-4-1)11-12-16-13-15-9-5-2-6-10-15/h1-10,12H,11,13H2. The van der Waals surface area contributed by atoms with Crippen molar-refractivity contribution in [1.29, 1.82) is 0 Å². The molecule has 0 N–H and O–H groups in total. The average Bonchev–Trinajstić information content (AvgIpc) is 2.37. The first-order chi connectivity index (χ1) is 7.95. The Hall–Kier alpha value is -1.60. The Kier molecular flexibility index (Phi) is 4.15. The van der Waals surface area contributed by atoms with Crippen LogP contribution >= 0.6 is 0 Å². The quantitative estimate of drug-likeness (QED) is 0.686. The molecule has 2 aromatic rings. The Morgan fingerprint density at radius 1 is 0.750 bits per heavy atom. The number of rotatable bonds is 5. The molecule has 1 radical (unpaired) electrons. The molecule has 0 fully saturated rings. The molecule has 0 saturated carbocycles. The van der Waals surface area contributed by atoms with Crippen molar-refractivity contribution >= 4 is 0 Å². The summed E-state index contributed by atoms with van der Waals surface area (Å²) in [5.41, 5.74) is 2.47. The molecular weight excluding hydrogens is 196 g/mol. The van der Waals surface area contributed by atoms with Crippen LogP contribution in [0.3, 0.4) is 0 Å².